The number of furan rings is 1. The van der Waals surface area contributed by atoms with E-state index in [1.54, 1.807) is 31.2 Å². The van der Waals surface area contributed by atoms with Gasteiger partial charge in [-0.15, -0.1) is 0 Å². The van der Waals surface area contributed by atoms with Gasteiger partial charge in [0.2, 0.25) is 0 Å². The summed E-state index contributed by atoms with van der Waals surface area (Å²) in [4.78, 5) is 22.2. The standard InChI is InChI=1S/C19H17N3O6S/c1-12-4-3-5-14(10-12)21-29(26,27)15-7-6-13(2)16(11-15)20-19(23)17-8-9-18(28-17)22(24)25/h3-11,21H,1-2H3,(H,20,23). The van der Waals surface area contributed by atoms with Crippen LogP contribution in [0, 0.1) is 24.0 Å². The van der Waals surface area contributed by atoms with Crippen LogP contribution in [0.4, 0.5) is 17.3 Å². The van der Waals surface area contributed by atoms with Gasteiger partial charge >= 0.3 is 5.88 Å². The first-order valence-electron chi connectivity index (χ1n) is 8.41. The SMILES string of the molecule is Cc1cccc(NS(=O)(=O)c2ccc(C)c(NC(=O)c3ccc([N+](=O)[O-])o3)c2)c1. The molecule has 0 bridgehead atoms. The molecule has 2 aromatic carbocycles. The summed E-state index contributed by atoms with van der Waals surface area (Å²) in [6.45, 7) is 3.53. The molecule has 1 heterocycles. The van der Waals surface area contributed by atoms with Crippen LogP contribution in [-0.4, -0.2) is 19.2 Å². The third-order valence-corrected chi connectivity index (χ3v) is 5.41. The monoisotopic (exact) mass is 415 g/mol. The zero-order valence-corrected chi connectivity index (χ0v) is 16.3. The molecule has 3 aromatic rings. The number of sulfonamides is 1. The maximum atomic E-state index is 12.7. The molecule has 3 rings (SSSR count). The average Bonchev–Trinajstić information content (AvgIpc) is 3.13. The van der Waals surface area contributed by atoms with Gasteiger partial charge in [-0.1, -0.05) is 18.2 Å². The van der Waals surface area contributed by atoms with Crippen LogP contribution in [0.25, 0.3) is 0 Å². The number of aryl methyl sites for hydroxylation is 2. The minimum Gasteiger partial charge on any atom is -0.395 e. The lowest BCUT2D eigenvalue weighted by Crippen LogP contribution is -2.15. The van der Waals surface area contributed by atoms with Crippen LogP contribution in [0.1, 0.15) is 21.7 Å². The van der Waals surface area contributed by atoms with E-state index in [9.17, 15) is 23.3 Å². The van der Waals surface area contributed by atoms with E-state index in [4.69, 9.17) is 4.42 Å². The van der Waals surface area contributed by atoms with Crippen LogP contribution in [0.2, 0.25) is 0 Å². The largest absolute Gasteiger partial charge is 0.433 e. The number of hydrogen-bond donors (Lipinski definition) is 2. The fraction of sp³-hybridized carbons (Fsp3) is 0.105. The van der Waals surface area contributed by atoms with E-state index in [-0.39, 0.29) is 16.3 Å². The van der Waals surface area contributed by atoms with Crippen molar-refractivity contribution in [2.45, 2.75) is 18.7 Å². The van der Waals surface area contributed by atoms with E-state index in [0.717, 1.165) is 11.6 Å². The van der Waals surface area contributed by atoms with Gasteiger partial charge in [-0.2, -0.15) is 0 Å². The molecule has 0 saturated heterocycles. The molecular formula is C19H17N3O6S. The van der Waals surface area contributed by atoms with Crippen LogP contribution in [0.3, 0.4) is 0 Å². The molecule has 150 valence electrons. The first-order chi connectivity index (χ1) is 13.7. The molecule has 0 saturated carbocycles. The summed E-state index contributed by atoms with van der Waals surface area (Å²) in [6, 6.07) is 13.4. The molecule has 2 N–H and O–H groups in total. The number of nitrogens with zero attached hydrogens (tertiary/aromatic N) is 1. The zero-order valence-electron chi connectivity index (χ0n) is 15.5. The number of hydrogen-bond acceptors (Lipinski definition) is 6. The highest BCUT2D eigenvalue weighted by atomic mass is 32.2. The number of benzene rings is 2. The predicted molar refractivity (Wildman–Crippen MR) is 106 cm³/mol. The zero-order chi connectivity index (χ0) is 21.2. The van der Waals surface area contributed by atoms with Gasteiger partial charge in [-0.05, 0) is 55.3 Å². The van der Waals surface area contributed by atoms with E-state index in [2.05, 4.69) is 10.0 Å². The first kappa shape index (κ1) is 20.1. The second-order valence-electron chi connectivity index (χ2n) is 6.30. The van der Waals surface area contributed by atoms with Crippen molar-refractivity contribution in [3.05, 3.63) is 81.6 Å². The Morgan fingerprint density at radius 1 is 1.07 bits per heavy atom. The number of carbonyl (C=O) groups is 1. The highest BCUT2D eigenvalue weighted by molar-refractivity contribution is 7.92. The van der Waals surface area contributed by atoms with Crippen molar-refractivity contribution in [3.8, 4) is 0 Å². The maximum absolute atomic E-state index is 12.7. The average molecular weight is 415 g/mol. The van der Waals surface area contributed by atoms with Crippen LogP contribution in [0.15, 0.2) is 63.9 Å². The molecule has 9 nitrogen and oxygen atoms in total. The minimum atomic E-state index is -3.89. The van der Waals surface area contributed by atoms with Crippen molar-refractivity contribution in [3.63, 3.8) is 0 Å². The Morgan fingerprint density at radius 2 is 1.83 bits per heavy atom. The number of nitrogens with one attached hydrogen (secondary N) is 2. The number of nitro groups is 1. The van der Waals surface area contributed by atoms with E-state index in [1.165, 1.54) is 18.2 Å². The van der Waals surface area contributed by atoms with Gasteiger partial charge in [0, 0.05) is 11.4 Å². The lowest BCUT2D eigenvalue weighted by molar-refractivity contribution is -0.402. The molecule has 0 atom stereocenters. The Labute approximate surface area is 166 Å². The van der Waals surface area contributed by atoms with E-state index < -0.39 is 26.7 Å². The third-order valence-electron chi connectivity index (χ3n) is 4.03. The molecule has 1 aromatic heterocycles. The summed E-state index contributed by atoms with van der Waals surface area (Å²) >= 11 is 0. The molecular weight excluding hydrogens is 398 g/mol. The molecule has 29 heavy (non-hydrogen) atoms. The molecule has 0 aliphatic rings. The summed E-state index contributed by atoms with van der Waals surface area (Å²) in [5, 5.41) is 13.2. The molecule has 0 fully saturated rings. The fourth-order valence-corrected chi connectivity index (χ4v) is 3.63. The topological polar surface area (TPSA) is 132 Å². The van der Waals surface area contributed by atoms with Crippen molar-refractivity contribution in [1.82, 2.24) is 0 Å². The molecule has 1 amide bonds. The molecule has 0 aliphatic carbocycles. The van der Waals surface area contributed by atoms with E-state index >= 15 is 0 Å². The first-order valence-corrected chi connectivity index (χ1v) is 9.90. The van der Waals surface area contributed by atoms with Crippen molar-refractivity contribution < 1.29 is 22.6 Å². The van der Waals surface area contributed by atoms with Crippen LogP contribution < -0.4 is 10.0 Å². The minimum absolute atomic E-state index is 0.0506. The Kier molecular flexibility index (Phi) is 5.37. The molecule has 0 spiro atoms. The van der Waals surface area contributed by atoms with Gasteiger partial charge in [0.15, 0.2) is 5.76 Å². The number of carbonyl (C=O) groups excluding carboxylic acids is 1. The van der Waals surface area contributed by atoms with Gasteiger partial charge in [0.25, 0.3) is 15.9 Å². The second-order valence-corrected chi connectivity index (χ2v) is 7.98. The summed E-state index contributed by atoms with van der Waals surface area (Å²) in [7, 11) is -3.89. The van der Waals surface area contributed by atoms with E-state index in [0.29, 0.717) is 11.3 Å². The predicted octanol–water partition coefficient (Wildman–Crippen LogP) is 3.86. The fourth-order valence-electron chi connectivity index (χ4n) is 2.56. The third kappa shape index (κ3) is 4.61. The number of rotatable bonds is 6. The van der Waals surface area contributed by atoms with Crippen LogP contribution in [-0.2, 0) is 10.0 Å². The quantitative estimate of drug-likeness (QED) is 0.464. The molecule has 10 heteroatoms. The molecule has 0 unspecified atom stereocenters. The molecule has 0 aliphatic heterocycles. The normalized spacial score (nSPS) is 11.1. The Hall–Kier alpha value is -3.66. The lowest BCUT2D eigenvalue weighted by Gasteiger charge is -2.12. The van der Waals surface area contributed by atoms with Crippen molar-refractivity contribution in [2.24, 2.45) is 0 Å². The van der Waals surface area contributed by atoms with E-state index in [1.807, 2.05) is 13.0 Å². The van der Waals surface area contributed by atoms with Crippen molar-refractivity contribution >= 4 is 33.2 Å². The lowest BCUT2D eigenvalue weighted by atomic mass is 10.2. The summed E-state index contributed by atoms with van der Waals surface area (Å²) < 4.78 is 32.7. The summed E-state index contributed by atoms with van der Waals surface area (Å²) in [6.07, 6.45) is 0. The van der Waals surface area contributed by atoms with Crippen molar-refractivity contribution in [2.75, 3.05) is 10.0 Å². The van der Waals surface area contributed by atoms with Gasteiger partial charge in [-0.25, -0.2) is 8.42 Å². The Bertz CT molecular complexity index is 1200. The van der Waals surface area contributed by atoms with Crippen LogP contribution in [0.5, 0.6) is 0 Å². The summed E-state index contributed by atoms with van der Waals surface area (Å²) in [5.74, 6) is -1.56. The Balaban J connectivity index is 1.85. The van der Waals surface area contributed by atoms with Gasteiger partial charge in [0.1, 0.15) is 4.92 Å². The summed E-state index contributed by atoms with van der Waals surface area (Å²) in [5.41, 5.74) is 2.16. The van der Waals surface area contributed by atoms with Gasteiger partial charge in [0.05, 0.1) is 11.0 Å². The van der Waals surface area contributed by atoms with Gasteiger partial charge in [-0.3, -0.25) is 19.6 Å². The highest BCUT2D eigenvalue weighted by Gasteiger charge is 2.20. The maximum Gasteiger partial charge on any atom is 0.433 e. The van der Waals surface area contributed by atoms with Gasteiger partial charge < -0.3 is 9.73 Å². The van der Waals surface area contributed by atoms with Crippen LogP contribution >= 0.6 is 0 Å². The second kappa shape index (κ2) is 7.76. The highest BCUT2D eigenvalue weighted by Crippen LogP contribution is 2.24. The molecule has 0 radical (unpaired) electrons. The van der Waals surface area contributed by atoms with Crippen molar-refractivity contribution in [1.29, 1.82) is 0 Å². The number of amides is 1. The Morgan fingerprint density at radius 3 is 2.48 bits per heavy atom. The smallest absolute Gasteiger partial charge is 0.395 e. The number of anilines is 2.